The molecule has 0 amide bonds. The maximum absolute atomic E-state index is 13.4. The number of halogens is 2. The molecule has 34 heavy (non-hydrogen) atoms. The molecule has 4 aromatic carbocycles. The third-order valence-electron chi connectivity index (χ3n) is 5.21. The summed E-state index contributed by atoms with van der Waals surface area (Å²) >= 11 is 3.93. The van der Waals surface area contributed by atoms with Crippen molar-refractivity contribution >= 4 is 87.0 Å². The van der Waals surface area contributed by atoms with Crippen LogP contribution in [-0.4, -0.2) is 30.0 Å². The topological polar surface area (TPSA) is 86.7 Å². The van der Waals surface area contributed by atoms with E-state index in [0.717, 1.165) is 10.8 Å². The van der Waals surface area contributed by atoms with E-state index in [1.54, 1.807) is 50.2 Å². The molecule has 4 aromatic rings. The zero-order valence-corrected chi connectivity index (χ0v) is 24.2. The summed E-state index contributed by atoms with van der Waals surface area (Å²) < 4.78 is 64.8. The Labute approximate surface area is 226 Å². The van der Waals surface area contributed by atoms with Gasteiger partial charge in [0.25, 0.3) is 20.2 Å². The van der Waals surface area contributed by atoms with Gasteiger partial charge in [0.15, 0.2) is 0 Å². The standard InChI is InChI=1S/C24H20I2O6S2/c1-3-31-33(27,28)23-19(25)13-15-9-5-7-11-17(15)21(23)22-18-12-8-6-10-16(18)14-20(26)24(22)34(29,30)32-4-2/h5-14H,3-4H2,1-2H3. The smallest absolute Gasteiger partial charge is 0.267 e. The lowest BCUT2D eigenvalue weighted by Crippen LogP contribution is -2.14. The molecule has 0 aliphatic rings. The fourth-order valence-corrected chi connectivity index (χ4v) is 9.21. The van der Waals surface area contributed by atoms with E-state index in [1.165, 1.54) is 0 Å². The Bertz CT molecular complexity index is 1510. The first-order chi connectivity index (χ1) is 16.1. The van der Waals surface area contributed by atoms with Crippen LogP contribution in [0.5, 0.6) is 0 Å². The molecule has 0 aliphatic carbocycles. The Morgan fingerprint density at radius 2 is 1.00 bits per heavy atom. The molecule has 0 heterocycles. The highest BCUT2D eigenvalue weighted by Crippen LogP contribution is 2.46. The van der Waals surface area contributed by atoms with Gasteiger partial charge in [-0.2, -0.15) is 16.8 Å². The Hall–Kier alpha value is -1.32. The van der Waals surface area contributed by atoms with Gasteiger partial charge < -0.3 is 0 Å². The highest BCUT2D eigenvalue weighted by atomic mass is 127. The fraction of sp³-hybridized carbons (Fsp3) is 0.167. The average molecular weight is 722 g/mol. The molecule has 10 heteroatoms. The van der Waals surface area contributed by atoms with Crippen LogP contribution in [0.3, 0.4) is 0 Å². The molecule has 6 nitrogen and oxygen atoms in total. The number of hydrogen-bond acceptors (Lipinski definition) is 6. The number of rotatable bonds is 7. The first-order valence-corrected chi connectivity index (χ1v) is 15.3. The summed E-state index contributed by atoms with van der Waals surface area (Å²) in [6.45, 7) is 3.08. The minimum Gasteiger partial charge on any atom is -0.267 e. The van der Waals surface area contributed by atoms with Crippen molar-refractivity contribution in [1.82, 2.24) is 0 Å². The summed E-state index contributed by atoms with van der Waals surface area (Å²) in [5.41, 5.74) is 0.563. The van der Waals surface area contributed by atoms with Gasteiger partial charge in [-0.15, -0.1) is 0 Å². The van der Waals surface area contributed by atoms with Gasteiger partial charge in [0.1, 0.15) is 9.79 Å². The maximum Gasteiger partial charge on any atom is 0.298 e. The van der Waals surface area contributed by atoms with Crippen molar-refractivity contribution < 1.29 is 25.2 Å². The van der Waals surface area contributed by atoms with Crippen molar-refractivity contribution in [2.75, 3.05) is 13.2 Å². The lowest BCUT2D eigenvalue weighted by molar-refractivity contribution is 0.336. The van der Waals surface area contributed by atoms with Gasteiger partial charge in [0.05, 0.1) is 13.2 Å². The second kappa shape index (κ2) is 9.97. The monoisotopic (exact) mass is 722 g/mol. The van der Waals surface area contributed by atoms with Crippen LogP contribution in [0.4, 0.5) is 0 Å². The van der Waals surface area contributed by atoms with E-state index < -0.39 is 20.2 Å². The van der Waals surface area contributed by atoms with E-state index in [-0.39, 0.29) is 34.1 Å². The molecule has 0 saturated carbocycles. The number of benzene rings is 4. The van der Waals surface area contributed by atoms with Gasteiger partial charge in [-0.1, -0.05) is 48.5 Å². The molecule has 0 spiro atoms. The summed E-state index contributed by atoms with van der Waals surface area (Å²) in [6.07, 6.45) is 0. The van der Waals surface area contributed by atoms with Crippen LogP contribution in [0.1, 0.15) is 13.8 Å². The van der Waals surface area contributed by atoms with E-state index in [4.69, 9.17) is 8.37 Å². The lowest BCUT2D eigenvalue weighted by Gasteiger charge is -2.21. The van der Waals surface area contributed by atoms with Crippen molar-refractivity contribution in [2.24, 2.45) is 0 Å². The van der Waals surface area contributed by atoms with Gasteiger partial charge in [0.2, 0.25) is 0 Å². The van der Waals surface area contributed by atoms with Crippen LogP contribution in [0, 0.1) is 7.14 Å². The third kappa shape index (κ3) is 4.60. The van der Waals surface area contributed by atoms with Crippen LogP contribution in [0.2, 0.25) is 0 Å². The van der Waals surface area contributed by atoms with E-state index in [1.807, 2.05) is 69.4 Å². The lowest BCUT2D eigenvalue weighted by atomic mass is 9.93. The van der Waals surface area contributed by atoms with Crippen molar-refractivity contribution in [3.05, 3.63) is 67.8 Å². The molecule has 0 unspecified atom stereocenters. The van der Waals surface area contributed by atoms with Crippen molar-refractivity contribution in [1.29, 1.82) is 0 Å². The Morgan fingerprint density at radius 3 is 1.35 bits per heavy atom. The Morgan fingerprint density at radius 1 is 0.647 bits per heavy atom. The van der Waals surface area contributed by atoms with Crippen molar-refractivity contribution in [3.63, 3.8) is 0 Å². The number of hydrogen-bond donors (Lipinski definition) is 0. The molecule has 0 fully saturated rings. The van der Waals surface area contributed by atoms with Gasteiger partial charge in [0, 0.05) is 18.3 Å². The second-order valence-corrected chi connectivity index (χ2v) is 12.7. The molecule has 0 saturated heterocycles. The van der Waals surface area contributed by atoms with Crippen LogP contribution in [0.15, 0.2) is 70.5 Å². The molecule has 0 aromatic heterocycles. The summed E-state index contributed by atoms with van der Waals surface area (Å²) in [6, 6.07) is 18.1. The SMILES string of the molecule is CCOS(=O)(=O)c1c(I)cc2ccccc2c1-c1c(S(=O)(=O)OCC)c(I)cc2ccccc12. The van der Waals surface area contributed by atoms with Gasteiger partial charge >= 0.3 is 0 Å². The van der Waals surface area contributed by atoms with E-state index in [0.29, 0.717) is 17.9 Å². The molecular formula is C24H20I2O6S2. The molecular weight excluding hydrogens is 702 g/mol. The summed E-state index contributed by atoms with van der Waals surface area (Å²) in [5.74, 6) is 0. The van der Waals surface area contributed by atoms with Crippen LogP contribution < -0.4 is 0 Å². The highest BCUT2D eigenvalue weighted by Gasteiger charge is 2.32. The summed E-state index contributed by atoms with van der Waals surface area (Å²) in [4.78, 5) is -0.123. The molecule has 0 aliphatic heterocycles. The minimum atomic E-state index is -4.21. The Balaban J connectivity index is 2.35. The van der Waals surface area contributed by atoms with Gasteiger partial charge in [-0.05, 0) is 92.7 Å². The largest absolute Gasteiger partial charge is 0.298 e. The maximum atomic E-state index is 13.4. The first kappa shape index (κ1) is 25.8. The van der Waals surface area contributed by atoms with Crippen LogP contribution in [0.25, 0.3) is 32.7 Å². The quantitative estimate of drug-likeness (QED) is 0.164. The molecule has 0 bridgehead atoms. The fourth-order valence-electron chi connectivity index (χ4n) is 4.00. The highest BCUT2D eigenvalue weighted by molar-refractivity contribution is 14.1. The zero-order chi connectivity index (χ0) is 24.7. The predicted octanol–water partition coefficient (Wildman–Crippen LogP) is 6.32. The molecule has 0 atom stereocenters. The van der Waals surface area contributed by atoms with Gasteiger partial charge in [-0.25, -0.2) is 0 Å². The molecule has 0 N–H and O–H groups in total. The predicted molar refractivity (Wildman–Crippen MR) is 150 cm³/mol. The van der Waals surface area contributed by atoms with Crippen molar-refractivity contribution in [3.8, 4) is 11.1 Å². The van der Waals surface area contributed by atoms with Crippen LogP contribution >= 0.6 is 45.2 Å². The van der Waals surface area contributed by atoms with Gasteiger partial charge in [-0.3, -0.25) is 8.37 Å². The van der Waals surface area contributed by atoms with E-state index >= 15 is 0 Å². The second-order valence-electron chi connectivity index (χ2n) is 7.29. The Kier molecular flexibility index (Phi) is 7.56. The number of fused-ring (bicyclic) bond motifs is 2. The zero-order valence-electron chi connectivity index (χ0n) is 18.2. The van der Waals surface area contributed by atoms with Crippen molar-refractivity contribution in [2.45, 2.75) is 23.6 Å². The molecule has 4 rings (SSSR count). The minimum absolute atomic E-state index is 0.0537. The summed E-state index contributed by atoms with van der Waals surface area (Å²) in [5, 5.41) is 2.75. The van der Waals surface area contributed by atoms with E-state index in [2.05, 4.69) is 0 Å². The third-order valence-corrected chi connectivity index (χ3v) is 10.6. The normalized spacial score (nSPS) is 12.5. The summed E-state index contributed by atoms with van der Waals surface area (Å²) in [7, 11) is -8.43. The van der Waals surface area contributed by atoms with E-state index in [9.17, 15) is 16.8 Å². The average Bonchev–Trinajstić information content (AvgIpc) is 2.77. The van der Waals surface area contributed by atoms with Crippen LogP contribution in [-0.2, 0) is 28.6 Å². The molecule has 0 radical (unpaired) electrons. The molecule has 178 valence electrons. The first-order valence-electron chi connectivity index (χ1n) is 10.3.